The van der Waals surface area contributed by atoms with Gasteiger partial charge in [0.2, 0.25) is 10.0 Å². The molecule has 13 heteroatoms. The van der Waals surface area contributed by atoms with E-state index in [2.05, 4.69) is 20.1 Å². The van der Waals surface area contributed by atoms with E-state index < -0.39 is 21.8 Å². The molecule has 0 atom stereocenters. The topological polar surface area (TPSA) is 116 Å². The quantitative estimate of drug-likeness (QED) is 0.361. The van der Waals surface area contributed by atoms with E-state index >= 15 is 0 Å². The van der Waals surface area contributed by atoms with E-state index in [1.54, 1.807) is 31.2 Å². The van der Waals surface area contributed by atoms with Gasteiger partial charge in [-0.25, -0.2) is 13.1 Å². The van der Waals surface area contributed by atoms with Crippen molar-refractivity contribution >= 4 is 21.7 Å². The van der Waals surface area contributed by atoms with Crippen LogP contribution in [0, 0.1) is 0 Å². The monoisotopic (exact) mass is 484 g/mol. The summed E-state index contributed by atoms with van der Waals surface area (Å²) in [5.41, 5.74) is 1.13. The predicted molar refractivity (Wildman–Crippen MR) is 112 cm³/mol. The summed E-state index contributed by atoms with van der Waals surface area (Å²) in [5, 5.41) is 11.2. The number of hydrogen-bond acceptors (Lipinski definition) is 8. The third kappa shape index (κ3) is 7.49. The zero-order chi connectivity index (χ0) is 24.1. The summed E-state index contributed by atoms with van der Waals surface area (Å²) in [6, 6.07) is 11.2. The van der Waals surface area contributed by atoms with Gasteiger partial charge < -0.3 is 14.0 Å². The second-order valence-electron chi connectivity index (χ2n) is 6.83. The average Bonchev–Trinajstić information content (AvgIpc) is 3.18. The fourth-order valence-corrected chi connectivity index (χ4v) is 2.90. The molecular formula is C20H19F3N4O5S. The molecule has 2 aromatic carbocycles. The van der Waals surface area contributed by atoms with Crippen LogP contribution in [-0.2, 0) is 34.3 Å². The maximum Gasteiger partial charge on any atom is 0.416 e. The number of nitrogens with zero attached hydrogens (tertiary/aromatic N) is 3. The largest absolute Gasteiger partial charge is 0.484 e. The molecule has 0 fully saturated rings. The van der Waals surface area contributed by atoms with E-state index in [1.165, 1.54) is 12.1 Å². The number of sulfonamides is 1. The van der Waals surface area contributed by atoms with Crippen LogP contribution >= 0.6 is 0 Å². The minimum atomic E-state index is -4.38. The third-order valence-corrected chi connectivity index (χ3v) is 4.63. The molecule has 0 amide bonds. The van der Waals surface area contributed by atoms with Crippen molar-refractivity contribution in [3.05, 3.63) is 71.1 Å². The molecule has 0 saturated heterocycles. The fraction of sp³-hybridized carbons (Fsp3) is 0.250. The molecule has 33 heavy (non-hydrogen) atoms. The Bertz CT molecular complexity index is 1210. The van der Waals surface area contributed by atoms with Crippen molar-refractivity contribution < 1.29 is 35.6 Å². The molecule has 1 N–H and O–H groups in total. The molecule has 0 spiro atoms. The molecule has 0 aliphatic rings. The van der Waals surface area contributed by atoms with E-state index in [9.17, 15) is 21.6 Å². The maximum absolute atomic E-state index is 12.6. The number of anilines is 1. The first-order valence-electron chi connectivity index (χ1n) is 9.36. The number of nitrogens with one attached hydrogen (secondary N) is 1. The van der Waals surface area contributed by atoms with Gasteiger partial charge in [-0.2, -0.15) is 13.2 Å². The highest BCUT2D eigenvalue weighted by Crippen LogP contribution is 2.29. The first kappa shape index (κ1) is 24.0. The lowest BCUT2D eigenvalue weighted by Gasteiger charge is -2.08. The van der Waals surface area contributed by atoms with E-state index in [4.69, 9.17) is 14.0 Å². The molecule has 3 rings (SSSR count). The zero-order valence-corrected chi connectivity index (χ0v) is 18.3. The van der Waals surface area contributed by atoms with Crippen LogP contribution in [-0.4, -0.2) is 30.6 Å². The average molecular weight is 484 g/mol. The van der Waals surface area contributed by atoms with Gasteiger partial charge in [0.1, 0.15) is 12.4 Å². The Hall–Kier alpha value is -3.61. The van der Waals surface area contributed by atoms with Crippen molar-refractivity contribution in [1.82, 2.24) is 10.2 Å². The van der Waals surface area contributed by atoms with Crippen molar-refractivity contribution in [3.8, 4) is 5.75 Å². The number of oxime groups is 1. The molecule has 0 aliphatic heterocycles. The summed E-state index contributed by atoms with van der Waals surface area (Å²) in [6.45, 7) is 1.68. The van der Waals surface area contributed by atoms with Gasteiger partial charge in [-0.15, -0.1) is 5.10 Å². The van der Waals surface area contributed by atoms with Gasteiger partial charge in [0.15, 0.2) is 6.61 Å². The first-order valence-corrected chi connectivity index (χ1v) is 11.2. The molecule has 0 unspecified atom stereocenters. The lowest BCUT2D eigenvalue weighted by molar-refractivity contribution is -0.137. The number of aromatic nitrogens is 2. The molecule has 0 aliphatic carbocycles. The van der Waals surface area contributed by atoms with Gasteiger partial charge in [0, 0.05) is 0 Å². The Labute approximate surface area is 187 Å². The molecule has 0 saturated carbocycles. The second-order valence-corrected chi connectivity index (χ2v) is 8.58. The number of halogens is 3. The van der Waals surface area contributed by atoms with Crippen LogP contribution in [0.4, 0.5) is 19.2 Å². The van der Waals surface area contributed by atoms with Crippen LogP contribution in [0.2, 0.25) is 0 Å². The van der Waals surface area contributed by atoms with Crippen LogP contribution in [0.5, 0.6) is 5.75 Å². The Morgan fingerprint density at radius 1 is 1.06 bits per heavy atom. The minimum absolute atomic E-state index is 0.0248. The summed E-state index contributed by atoms with van der Waals surface area (Å²) in [5.74, 6) is 0.577. The lowest BCUT2D eigenvalue weighted by atomic mass is 10.1. The second kappa shape index (κ2) is 9.90. The van der Waals surface area contributed by atoms with Crippen LogP contribution < -0.4 is 9.46 Å². The smallest absolute Gasteiger partial charge is 0.416 e. The van der Waals surface area contributed by atoms with Gasteiger partial charge in [-0.1, -0.05) is 22.4 Å². The number of alkyl halides is 3. The number of hydrogen-bond donors (Lipinski definition) is 1. The van der Waals surface area contributed by atoms with Crippen molar-refractivity contribution in [2.45, 2.75) is 26.3 Å². The summed E-state index contributed by atoms with van der Waals surface area (Å²) in [6.07, 6.45) is -3.42. The van der Waals surface area contributed by atoms with Crippen LogP contribution in [0.15, 0.2) is 58.1 Å². The van der Waals surface area contributed by atoms with Gasteiger partial charge >= 0.3 is 12.2 Å². The molecule has 1 heterocycles. The zero-order valence-electron chi connectivity index (χ0n) is 17.5. The minimum Gasteiger partial charge on any atom is -0.484 e. The van der Waals surface area contributed by atoms with E-state index in [1.807, 2.05) is 0 Å². The Morgan fingerprint density at radius 3 is 2.33 bits per heavy atom. The van der Waals surface area contributed by atoms with Crippen molar-refractivity contribution in [3.63, 3.8) is 0 Å². The Kier molecular flexibility index (Phi) is 7.21. The normalized spacial score (nSPS) is 12.5. The summed E-state index contributed by atoms with van der Waals surface area (Å²) in [7, 11) is -3.52. The number of benzene rings is 2. The highest BCUT2D eigenvalue weighted by molar-refractivity contribution is 7.91. The van der Waals surface area contributed by atoms with E-state index in [0.29, 0.717) is 17.0 Å². The Morgan fingerprint density at radius 2 is 1.73 bits per heavy atom. The highest BCUT2D eigenvalue weighted by atomic mass is 32.2. The van der Waals surface area contributed by atoms with Gasteiger partial charge in [0.25, 0.3) is 5.89 Å². The molecule has 0 radical (unpaired) electrons. The molecule has 9 nitrogen and oxygen atoms in total. The third-order valence-electron chi connectivity index (χ3n) is 4.09. The summed E-state index contributed by atoms with van der Waals surface area (Å²) >= 11 is 0. The fourth-order valence-electron chi connectivity index (χ4n) is 2.50. The van der Waals surface area contributed by atoms with Crippen molar-refractivity contribution in [2.24, 2.45) is 5.16 Å². The van der Waals surface area contributed by atoms with Crippen molar-refractivity contribution in [2.75, 3.05) is 11.0 Å². The predicted octanol–water partition coefficient (Wildman–Crippen LogP) is 3.98. The van der Waals surface area contributed by atoms with Gasteiger partial charge in [-0.3, -0.25) is 0 Å². The van der Waals surface area contributed by atoms with Gasteiger partial charge in [-0.05, 0) is 54.4 Å². The molecule has 1 aromatic heterocycles. The summed E-state index contributed by atoms with van der Waals surface area (Å²) in [4.78, 5) is 5.23. The lowest BCUT2D eigenvalue weighted by Crippen LogP contribution is -2.09. The standard InChI is InChI=1S/C20H19F3N4O5S/c1-13(26-31-11-14-3-7-16(8-4-14)20(21,22)23)15-5-9-17(10-6-15)30-12-18-24-25-19(32-18)27-33(2,28)29/h3-10H,11-12H2,1-2H3,(H,25,27)/b26-13+. The van der Waals surface area contributed by atoms with E-state index in [-0.39, 0.29) is 25.1 Å². The molecular weight excluding hydrogens is 465 g/mol. The van der Waals surface area contributed by atoms with Gasteiger partial charge in [0.05, 0.1) is 17.5 Å². The first-order chi connectivity index (χ1) is 15.5. The maximum atomic E-state index is 12.6. The van der Waals surface area contributed by atoms with Crippen LogP contribution in [0.3, 0.4) is 0 Å². The summed E-state index contributed by atoms with van der Waals surface area (Å²) < 4.78 is 72.7. The molecule has 0 bridgehead atoms. The van der Waals surface area contributed by atoms with E-state index in [0.717, 1.165) is 24.0 Å². The van der Waals surface area contributed by atoms with Crippen LogP contribution in [0.25, 0.3) is 0 Å². The van der Waals surface area contributed by atoms with Crippen LogP contribution in [0.1, 0.15) is 29.5 Å². The number of rotatable bonds is 9. The molecule has 3 aromatic rings. The molecule has 176 valence electrons. The van der Waals surface area contributed by atoms with Crippen molar-refractivity contribution in [1.29, 1.82) is 0 Å². The highest BCUT2D eigenvalue weighted by Gasteiger charge is 2.29. The Balaban J connectivity index is 1.50. The number of ether oxygens (including phenoxy) is 1. The SMILES string of the molecule is C/C(=N\OCc1ccc(C(F)(F)F)cc1)c1ccc(OCc2nnc(NS(C)(=O)=O)o2)cc1.